The highest BCUT2D eigenvalue weighted by Gasteiger charge is 2.15. The minimum Gasteiger partial charge on any atom is -0.378 e. The SMILES string of the molecule is CCc1ccc(NCC(=O)Nc2ccccc2N2CCOCC2)cc1. The van der Waals surface area contributed by atoms with Crippen molar-refractivity contribution in [3.05, 3.63) is 54.1 Å². The van der Waals surface area contributed by atoms with Gasteiger partial charge in [0.1, 0.15) is 0 Å². The summed E-state index contributed by atoms with van der Waals surface area (Å²) in [5.74, 6) is -0.0553. The van der Waals surface area contributed by atoms with E-state index in [1.165, 1.54) is 5.56 Å². The van der Waals surface area contributed by atoms with Gasteiger partial charge in [0, 0.05) is 18.8 Å². The Bertz CT molecular complexity index is 694. The zero-order chi connectivity index (χ0) is 17.5. The molecule has 0 bridgehead atoms. The van der Waals surface area contributed by atoms with Gasteiger partial charge in [0.15, 0.2) is 0 Å². The minimum atomic E-state index is -0.0553. The molecule has 1 heterocycles. The number of benzene rings is 2. The van der Waals surface area contributed by atoms with E-state index in [-0.39, 0.29) is 12.5 Å². The lowest BCUT2D eigenvalue weighted by Gasteiger charge is -2.30. The smallest absolute Gasteiger partial charge is 0.243 e. The first-order chi connectivity index (χ1) is 12.3. The number of ether oxygens (including phenoxy) is 1. The molecule has 0 spiro atoms. The summed E-state index contributed by atoms with van der Waals surface area (Å²) in [6, 6.07) is 16.1. The fourth-order valence-corrected chi connectivity index (χ4v) is 2.89. The highest BCUT2D eigenvalue weighted by molar-refractivity contribution is 5.96. The molecule has 1 saturated heterocycles. The zero-order valence-corrected chi connectivity index (χ0v) is 14.6. The number of rotatable bonds is 6. The van der Waals surface area contributed by atoms with Crippen molar-refractivity contribution in [3.63, 3.8) is 0 Å². The van der Waals surface area contributed by atoms with Crippen LogP contribution in [0, 0.1) is 0 Å². The van der Waals surface area contributed by atoms with Gasteiger partial charge in [0.25, 0.3) is 0 Å². The molecule has 3 rings (SSSR count). The van der Waals surface area contributed by atoms with Crippen molar-refractivity contribution >= 4 is 23.0 Å². The first kappa shape index (κ1) is 17.3. The average Bonchev–Trinajstić information content (AvgIpc) is 2.68. The fraction of sp³-hybridized carbons (Fsp3) is 0.350. The highest BCUT2D eigenvalue weighted by Crippen LogP contribution is 2.26. The lowest BCUT2D eigenvalue weighted by Crippen LogP contribution is -2.37. The molecule has 0 radical (unpaired) electrons. The van der Waals surface area contributed by atoms with Crippen molar-refractivity contribution < 1.29 is 9.53 Å². The van der Waals surface area contributed by atoms with Crippen LogP contribution in [0.4, 0.5) is 17.1 Å². The number of hydrogen-bond donors (Lipinski definition) is 2. The summed E-state index contributed by atoms with van der Waals surface area (Å²) in [6.07, 6.45) is 1.01. The Labute approximate surface area is 149 Å². The van der Waals surface area contributed by atoms with E-state index in [0.29, 0.717) is 0 Å². The van der Waals surface area contributed by atoms with Gasteiger partial charge in [-0.1, -0.05) is 31.2 Å². The van der Waals surface area contributed by atoms with Gasteiger partial charge in [-0.2, -0.15) is 0 Å². The van der Waals surface area contributed by atoms with Crippen molar-refractivity contribution in [3.8, 4) is 0 Å². The number of nitrogens with zero attached hydrogens (tertiary/aromatic N) is 1. The van der Waals surface area contributed by atoms with Crippen LogP contribution < -0.4 is 15.5 Å². The third-order valence-electron chi connectivity index (χ3n) is 4.35. The first-order valence-corrected chi connectivity index (χ1v) is 8.80. The van der Waals surface area contributed by atoms with Gasteiger partial charge in [-0.25, -0.2) is 0 Å². The third-order valence-corrected chi connectivity index (χ3v) is 4.35. The second kappa shape index (κ2) is 8.53. The van der Waals surface area contributed by atoms with Crippen LogP contribution in [0.25, 0.3) is 0 Å². The van der Waals surface area contributed by atoms with E-state index in [9.17, 15) is 4.79 Å². The molecule has 2 aromatic rings. The number of para-hydroxylation sites is 2. The summed E-state index contributed by atoms with van der Waals surface area (Å²) in [6.45, 7) is 5.49. The average molecular weight is 339 g/mol. The van der Waals surface area contributed by atoms with Crippen molar-refractivity contribution in [2.75, 3.05) is 48.4 Å². The molecule has 5 heteroatoms. The second-order valence-corrected chi connectivity index (χ2v) is 6.07. The van der Waals surface area contributed by atoms with Gasteiger partial charge >= 0.3 is 0 Å². The van der Waals surface area contributed by atoms with E-state index in [4.69, 9.17) is 4.74 Å². The van der Waals surface area contributed by atoms with Crippen LogP contribution in [0.2, 0.25) is 0 Å². The van der Waals surface area contributed by atoms with Crippen molar-refractivity contribution in [1.29, 1.82) is 0 Å². The maximum absolute atomic E-state index is 12.3. The predicted molar refractivity (Wildman–Crippen MR) is 102 cm³/mol. The van der Waals surface area contributed by atoms with Gasteiger partial charge in [0.05, 0.1) is 31.1 Å². The standard InChI is InChI=1S/C20H25N3O2/c1-2-16-7-9-17(10-8-16)21-15-20(24)22-18-5-3-4-6-19(18)23-11-13-25-14-12-23/h3-10,21H,2,11-15H2,1H3,(H,22,24). The van der Waals surface area contributed by atoms with E-state index in [2.05, 4.69) is 34.6 Å². The molecule has 5 nitrogen and oxygen atoms in total. The van der Waals surface area contributed by atoms with Crippen LogP contribution >= 0.6 is 0 Å². The van der Waals surface area contributed by atoms with E-state index in [0.717, 1.165) is 49.8 Å². The summed E-state index contributed by atoms with van der Waals surface area (Å²) in [4.78, 5) is 14.6. The molecule has 0 aromatic heterocycles. The molecular weight excluding hydrogens is 314 g/mol. The number of aryl methyl sites for hydroxylation is 1. The van der Waals surface area contributed by atoms with Crippen LogP contribution in [0.5, 0.6) is 0 Å². The topological polar surface area (TPSA) is 53.6 Å². The van der Waals surface area contributed by atoms with Gasteiger partial charge in [0.2, 0.25) is 5.91 Å². The third kappa shape index (κ3) is 4.73. The van der Waals surface area contributed by atoms with Crippen molar-refractivity contribution in [2.24, 2.45) is 0 Å². The largest absolute Gasteiger partial charge is 0.378 e. The quantitative estimate of drug-likeness (QED) is 0.849. The summed E-state index contributed by atoms with van der Waals surface area (Å²) in [5.41, 5.74) is 4.13. The van der Waals surface area contributed by atoms with Crippen LogP contribution in [-0.2, 0) is 16.0 Å². The van der Waals surface area contributed by atoms with Crippen LogP contribution in [0.1, 0.15) is 12.5 Å². The number of nitrogens with one attached hydrogen (secondary N) is 2. The van der Waals surface area contributed by atoms with E-state index < -0.39 is 0 Å². The molecule has 2 aromatic carbocycles. The second-order valence-electron chi connectivity index (χ2n) is 6.07. The Balaban J connectivity index is 1.58. The maximum Gasteiger partial charge on any atom is 0.243 e. The monoisotopic (exact) mass is 339 g/mol. The Morgan fingerprint density at radius 3 is 2.52 bits per heavy atom. The Hall–Kier alpha value is -2.53. The summed E-state index contributed by atoms with van der Waals surface area (Å²) in [7, 11) is 0. The van der Waals surface area contributed by atoms with Crippen LogP contribution in [0.15, 0.2) is 48.5 Å². The molecule has 1 amide bonds. The summed E-state index contributed by atoms with van der Waals surface area (Å²) >= 11 is 0. The summed E-state index contributed by atoms with van der Waals surface area (Å²) < 4.78 is 5.41. The van der Waals surface area contributed by atoms with E-state index in [1.54, 1.807) is 0 Å². The molecule has 0 unspecified atom stereocenters. The Kier molecular flexibility index (Phi) is 5.90. The van der Waals surface area contributed by atoms with E-state index >= 15 is 0 Å². The van der Waals surface area contributed by atoms with Gasteiger partial charge in [-0.15, -0.1) is 0 Å². The fourth-order valence-electron chi connectivity index (χ4n) is 2.89. The number of carbonyl (C=O) groups excluding carboxylic acids is 1. The number of carbonyl (C=O) groups is 1. The van der Waals surface area contributed by atoms with Crippen molar-refractivity contribution in [1.82, 2.24) is 0 Å². The first-order valence-electron chi connectivity index (χ1n) is 8.80. The minimum absolute atomic E-state index is 0.0553. The van der Waals surface area contributed by atoms with Gasteiger partial charge in [-0.3, -0.25) is 4.79 Å². The molecule has 1 fully saturated rings. The molecule has 132 valence electrons. The summed E-state index contributed by atoms with van der Waals surface area (Å²) in [5, 5.41) is 6.19. The molecule has 1 aliphatic rings. The predicted octanol–water partition coefficient (Wildman–Crippen LogP) is 3.14. The van der Waals surface area contributed by atoms with Crippen molar-refractivity contribution in [2.45, 2.75) is 13.3 Å². The van der Waals surface area contributed by atoms with Crippen LogP contribution in [0.3, 0.4) is 0 Å². The van der Waals surface area contributed by atoms with Gasteiger partial charge in [-0.05, 0) is 36.2 Å². The van der Waals surface area contributed by atoms with E-state index in [1.807, 2.05) is 36.4 Å². The van der Waals surface area contributed by atoms with Gasteiger partial charge < -0.3 is 20.3 Å². The molecule has 2 N–H and O–H groups in total. The molecule has 0 saturated carbocycles. The molecular formula is C20H25N3O2. The molecule has 0 aliphatic carbocycles. The number of anilines is 3. The Morgan fingerprint density at radius 2 is 1.80 bits per heavy atom. The lowest BCUT2D eigenvalue weighted by atomic mass is 10.1. The normalized spacial score (nSPS) is 14.2. The highest BCUT2D eigenvalue weighted by atomic mass is 16.5. The van der Waals surface area contributed by atoms with Crippen LogP contribution in [-0.4, -0.2) is 38.8 Å². The number of amides is 1. The molecule has 0 atom stereocenters. The Morgan fingerprint density at radius 1 is 1.08 bits per heavy atom. The molecule has 1 aliphatic heterocycles. The number of morpholine rings is 1. The maximum atomic E-state index is 12.3. The zero-order valence-electron chi connectivity index (χ0n) is 14.6. The lowest BCUT2D eigenvalue weighted by molar-refractivity contribution is -0.114. The number of hydrogen-bond acceptors (Lipinski definition) is 4. The molecule has 25 heavy (non-hydrogen) atoms.